The molecule has 0 saturated heterocycles. The summed E-state index contributed by atoms with van der Waals surface area (Å²) in [5.74, 6) is -0.407. The summed E-state index contributed by atoms with van der Waals surface area (Å²) in [7, 11) is 0. The minimum Gasteiger partial charge on any atom is -0.489 e. The van der Waals surface area contributed by atoms with Crippen LogP contribution in [0.15, 0.2) is 78.9 Å². The third kappa shape index (κ3) is 4.85. The molecule has 0 fully saturated rings. The van der Waals surface area contributed by atoms with Gasteiger partial charge in [-0.05, 0) is 41.5 Å². The van der Waals surface area contributed by atoms with Gasteiger partial charge in [0.15, 0.2) is 0 Å². The normalized spacial score (nSPS) is 10.2. The number of hydrogen-bond acceptors (Lipinski definition) is 3. The zero-order valence-electron chi connectivity index (χ0n) is 13.7. The van der Waals surface area contributed by atoms with Gasteiger partial charge in [-0.25, -0.2) is 4.79 Å². The van der Waals surface area contributed by atoms with Crippen LogP contribution in [0.5, 0.6) is 5.75 Å². The molecule has 126 valence electrons. The average Bonchev–Trinajstić information content (AvgIpc) is 2.66. The van der Waals surface area contributed by atoms with E-state index in [-0.39, 0.29) is 5.56 Å². The van der Waals surface area contributed by atoms with Crippen LogP contribution in [-0.4, -0.2) is 11.1 Å². The van der Waals surface area contributed by atoms with Crippen molar-refractivity contribution in [3.8, 4) is 5.75 Å². The van der Waals surface area contributed by atoms with Crippen LogP contribution in [0.3, 0.4) is 0 Å². The first-order valence-corrected chi connectivity index (χ1v) is 8.03. The molecule has 3 aromatic carbocycles. The molecule has 4 nitrogen and oxygen atoms in total. The molecule has 2 N–H and O–H groups in total. The van der Waals surface area contributed by atoms with Gasteiger partial charge in [-0.1, -0.05) is 48.5 Å². The Morgan fingerprint density at radius 1 is 0.880 bits per heavy atom. The molecule has 0 atom stereocenters. The van der Waals surface area contributed by atoms with Crippen LogP contribution in [0.4, 0.5) is 5.69 Å². The number of ether oxygens (including phenoxy) is 1. The minimum absolute atomic E-state index is 0.222. The molecule has 0 heterocycles. The first-order valence-electron chi connectivity index (χ1n) is 8.03. The van der Waals surface area contributed by atoms with E-state index < -0.39 is 5.97 Å². The number of aromatic carboxylic acids is 1. The Morgan fingerprint density at radius 2 is 1.60 bits per heavy atom. The monoisotopic (exact) mass is 333 g/mol. The summed E-state index contributed by atoms with van der Waals surface area (Å²) in [5.41, 5.74) is 3.53. The topological polar surface area (TPSA) is 58.6 Å². The summed E-state index contributed by atoms with van der Waals surface area (Å²) in [5, 5.41) is 12.4. The highest BCUT2D eigenvalue weighted by molar-refractivity contribution is 5.88. The van der Waals surface area contributed by atoms with E-state index in [4.69, 9.17) is 9.84 Å². The number of anilines is 1. The average molecular weight is 333 g/mol. The van der Waals surface area contributed by atoms with Crippen molar-refractivity contribution in [3.63, 3.8) is 0 Å². The molecule has 0 aromatic heterocycles. The zero-order chi connectivity index (χ0) is 17.5. The second kappa shape index (κ2) is 8.02. The van der Waals surface area contributed by atoms with Crippen molar-refractivity contribution in [2.45, 2.75) is 13.2 Å². The Kier molecular flexibility index (Phi) is 5.32. The van der Waals surface area contributed by atoms with Crippen LogP contribution in [0, 0.1) is 0 Å². The van der Waals surface area contributed by atoms with Gasteiger partial charge in [-0.3, -0.25) is 0 Å². The highest BCUT2D eigenvalue weighted by Gasteiger charge is 2.04. The maximum Gasteiger partial charge on any atom is 0.335 e. The molecule has 0 aliphatic heterocycles. The van der Waals surface area contributed by atoms with Gasteiger partial charge in [-0.2, -0.15) is 0 Å². The van der Waals surface area contributed by atoms with Gasteiger partial charge in [0.05, 0.1) is 5.56 Å². The zero-order valence-corrected chi connectivity index (χ0v) is 13.7. The SMILES string of the molecule is O=C(O)c1cccc(OCc2ccc(CNc3ccccc3)cc2)c1. The number of carboxylic acids is 1. The van der Waals surface area contributed by atoms with Gasteiger partial charge in [0.2, 0.25) is 0 Å². The van der Waals surface area contributed by atoms with Crippen LogP contribution >= 0.6 is 0 Å². The molecule has 0 aliphatic carbocycles. The van der Waals surface area contributed by atoms with Gasteiger partial charge in [0.25, 0.3) is 0 Å². The summed E-state index contributed by atoms with van der Waals surface area (Å²) in [6.07, 6.45) is 0. The Morgan fingerprint density at radius 3 is 2.32 bits per heavy atom. The first kappa shape index (κ1) is 16.6. The Bertz CT molecular complexity index is 829. The molecule has 25 heavy (non-hydrogen) atoms. The quantitative estimate of drug-likeness (QED) is 0.665. The van der Waals surface area contributed by atoms with Crippen LogP contribution < -0.4 is 10.1 Å². The number of rotatable bonds is 7. The smallest absolute Gasteiger partial charge is 0.335 e. The van der Waals surface area contributed by atoms with E-state index in [1.54, 1.807) is 18.2 Å². The van der Waals surface area contributed by atoms with E-state index in [0.29, 0.717) is 12.4 Å². The molecule has 0 saturated carbocycles. The van der Waals surface area contributed by atoms with Gasteiger partial charge in [0, 0.05) is 12.2 Å². The number of benzene rings is 3. The summed E-state index contributed by atoms with van der Waals surface area (Å²) in [4.78, 5) is 11.0. The van der Waals surface area contributed by atoms with E-state index >= 15 is 0 Å². The largest absolute Gasteiger partial charge is 0.489 e. The Balaban J connectivity index is 1.54. The molecular formula is C21H19NO3. The van der Waals surface area contributed by atoms with Crippen LogP contribution in [-0.2, 0) is 13.2 Å². The summed E-state index contributed by atoms with van der Waals surface area (Å²) < 4.78 is 5.67. The molecule has 3 rings (SSSR count). The van der Waals surface area contributed by atoms with E-state index in [1.807, 2.05) is 42.5 Å². The maximum absolute atomic E-state index is 11.0. The number of nitrogens with one attached hydrogen (secondary N) is 1. The lowest BCUT2D eigenvalue weighted by atomic mass is 10.1. The first-order chi connectivity index (χ1) is 12.2. The van der Waals surface area contributed by atoms with E-state index in [2.05, 4.69) is 17.4 Å². The summed E-state index contributed by atoms with van der Waals surface area (Å²) >= 11 is 0. The second-order valence-corrected chi connectivity index (χ2v) is 5.66. The molecule has 0 bridgehead atoms. The van der Waals surface area contributed by atoms with Crippen LogP contribution in [0.1, 0.15) is 21.5 Å². The van der Waals surface area contributed by atoms with Crippen molar-refractivity contribution >= 4 is 11.7 Å². The van der Waals surface area contributed by atoms with Crippen LogP contribution in [0.2, 0.25) is 0 Å². The predicted octanol–water partition coefficient (Wildman–Crippen LogP) is 4.58. The molecule has 4 heteroatoms. The molecule has 0 spiro atoms. The fourth-order valence-corrected chi connectivity index (χ4v) is 2.40. The standard InChI is InChI=1S/C21H19NO3/c23-21(24)18-5-4-8-20(13-18)25-15-17-11-9-16(10-12-17)14-22-19-6-2-1-3-7-19/h1-13,22H,14-15H2,(H,23,24). The van der Waals surface area contributed by atoms with Crippen molar-refractivity contribution in [2.24, 2.45) is 0 Å². The number of para-hydroxylation sites is 1. The number of hydrogen-bond donors (Lipinski definition) is 2. The fraction of sp³-hybridized carbons (Fsp3) is 0.0952. The molecule has 0 aliphatic rings. The third-order valence-corrected chi connectivity index (χ3v) is 3.78. The van der Waals surface area contributed by atoms with Crippen molar-refractivity contribution in [2.75, 3.05) is 5.32 Å². The lowest BCUT2D eigenvalue weighted by Gasteiger charge is -2.09. The fourth-order valence-electron chi connectivity index (χ4n) is 2.40. The third-order valence-electron chi connectivity index (χ3n) is 3.78. The second-order valence-electron chi connectivity index (χ2n) is 5.66. The summed E-state index contributed by atoms with van der Waals surface area (Å²) in [6.45, 7) is 1.15. The lowest BCUT2D eigenvalue weighted by molar-refractivity contribution is 0.0696. The lowest BCUT2D eigenvalue weighted by Crippen LogP contribution is -2.01. The van der Waals surface area contributed by atoms with Gasteiger partial charge < -0.3 is 15.2 Å². The van der Waals surface area contributed by atoms with Crippen LogP contribution in [0.25, 0.3) is 0 Å². The molecule has 0 radical (unpaired) electrons. The summed E-state index contributed by atoms with van der Waals surface area (Å²) in [6, 6.07) is 24.7. The highest BCUT2D eigenvalue weighted by atomic mass is 16.5. The maximum atomic E-state index is 11.0. The van der Waals surface area contributed by atoms with E-state index in [1.165, 1.54) is 11.6 Å². The van der Waals surface area contributed by atoms with Crippen molar-refractivity contribution in [1.82, 2.24) is 0 Å². The van der Waals surface area contributed by atoms with Crippen molar-refractivity contribution in [1.29, 1.82) is 0 Å². The Hall–Kier alpha value is -3.27. The van der Waals surface area contributed by atoms with Crippen molar-refractivity contribution in [3.05, 3.63) is 95.6 Å². The Labute approximate surface area is 146 Å². The molecule has 0 unspecified atom stereocenters. The van der Waals surface area contributed by atoms with Gasteiger partial charge in [-0.15, -0.1) is 0 Å². The molecule has 0 amide bonds. The predicted molar refractivity (Wildman–Crippen MR) is 97.9 cm³/mol. The number of carbonyl (C=O) groups is 1. The molecular weight excluding hydrogens is 314 g/mol. The minimum atomic E-state index is -0.958. The van der Waals surface area contributed by atoms with Gasteiger partial charge in [0.1, 0.15) is 12.4 Å². The van der Waals surface area contributed by atoms with E-state index in [0.717, 1.165) is 17.8 Å². The van der Waals surface area contributed by atoms with Gasteiger partial charge >= 0.3 is 5.97 Å². The highest BCUT2D eigenvalue weighted by Crippen LogP contribution is 2.16. The van der Waals surface area contributed by atoms with Crippen molar-refractivity contribution < 1.29 is 14.6 Å². The van der Waals surface area contributed by atoms with E-state index in [9.17, 15) is 4.79 Å². The number of carboxylic acid groups (broad SMARTS) is 1. The molecule has 3 aromatic rings.